The molecule has 0 radical (unpaired) electrons. The number of ether oxygens (including phenoxy) is 2. The molecule has 6 N–H and O–H groups in total. The second kappa shape index (κ2) is 12.2. The van der Waals surface area contributed by atoms with E-state index in [1.807, 2.05) is 0 Å². The van der Waals surface area contributed by atoms with Gasteiger partial charge in [-0.25, -0.2) is 14.1 Å². The van der Waals surface area contributed by atoms with Crippen molar-refractivity contribution in [3.8, 4) is 11.4 Å². The number of rotatable bonds is 11. The zero-order chi connectivity index (χ0) is 33.3. The van der Waals surface area contributed by atoms with Gasteiger partial charge in [-0.1, -0.05) is 12.6 Å². The maximum atomic E-state index is 14.4. The number of aromatic nitrogens is 2. The zero-order valence-electron chi connectivity index (χ0n) is 25.0. The van der Waals surface area contributed by atoms with E-state index in [-0.39, 0.29) is 39.8 Å². The first kappa shape index (κ1) is 33.0. The van der Waals surface area contributed by atoms with E-state index in [1.54, 1.807) is 12.1 Å². The van der Waals surface area contributed by atoms with Crippen molar-refractivity contribution in [3.05, 3.63) is 77.7 Å². The van der Waals surface area contributed by atoms with Crippen molar-refractivity contribution in [2.24, 2.45) is 16.5 Å². The van der Waals surface area contributed by atoms with E-state index in [0.717, 1.165) is 12.1 Å². The predicted molar refractivity (Wildman–Crippen MR) is 158 cm³/mol. The summed E-state index contributed by atoms with van der Waals surface area (Å²) in [7, 11) is 1.33. The Bertz CT molecular complexity index is 1660. The molecule has 1 aliphatic heterocycles. The number of nitrogens with one attached hydrogen (secondary N) is 2. The van der Waals surface area contributed by atoms with Gasteiger partial charge in [0.05, 0.1) is 42.5 Å². The van der Waals surface area contributed by atoms with Crippen molar-refractivity contribution < 1.29 is 36.6 Å². The van der Waals surface area contributed by atoms with E-state index in [2.05, 4.69) is 27.3 Å². The summed E-state index contributed by atoms with van der Waals surface area (Å²) in [6, 6.07) is 8.83. The molecule has 1 aliphatic rings. The Labute approximate surface area is 256 Å². The van der Waals surface area contributed by atoms with Crippen molar-refractivity contribution in [3.63, 3.8) is 0 Å². The minimum absolute atomic E-state index is 0.0367. The average Bonchev–Trinajstić information content (AvgIpc) is 3.36. The van der Waals surface area contributed by atoms with Gasteiger partial charge in [-0.2, -0.15) is 18.3 Å². The number of benzene rings is 2. The molecular formula is C30H33F4N7O4. The quantitative estimate of drug-likeness (QED) is 0.142. The van der Waals surface area contributed by atoms with Gasteiger partial charge in [0.2, 0.25) is 5.91 Å². The maximum absolute atomic E-state index is 14.4. The molecule has 240 valence electrons. The second-order valence-electron chi connectivity index (χ2n) is 10.9. The van der Waals surface area contributed by atoms with Crippen LogP contribution in [0.1, 0.15) is 48.7 Å². The lowest BCUT2D eigenvalue weighted by Gasteiger charge is -2.55. The first-order valence-corrected chi connectivity index (χ1v) is 13.6. The molecule has 1 fully saturated rings. The molecule has 4 rings (SSSR count). The molecule has 2 aromatic carbocycles. The van der Waals surface area contributed by atoms with Crippen molar-refractivity contribution >= 4 is 29.2 Å². The van der Waals surface area contributed by atoms with Crippen LogP contribution in [0, 0.1) is 5.82 Å². The number of nitrogens with zero attached hydrogens (tertiary/aromatic N) is 3. The van der Waals surface area contributed by atoms with Gasteiger partial charge in [0.15, 0.2) is 11.4 Å². The van der Waals surface area contributed by atoms with Crippen LogP contribution in [0.2, 0.25) is 0 Å². The van der Waals surface area contributed by atoms with Gasteiger partial charge >= 0.3 is 6.18 Å². The van der Waals surface area contributed by atoms with Crippen LogP contribution in [0.5, 0.6) is 5.75 Å². The first-order valence-electron chi connectivity index (χ1n) is 13.6. The van der Waals surface area contributed by atoms with E-state index in [1.165, 1.54) is 57.0 Å². The number of aliphatic imine (C=N–C) groups is 1. The largest absolute Gasteiger partial charge is 0.496 e. The number of hydrogen-bond donors (Lipinski definition) is 4. The topological polar surface area (TPSA) is 159 Å². The summed E-state index contributed by atoms with van der Waals surface area (Å²) in [6.45, 7) is 7.55. The fraction of sp³-hybridized carbons (Fsp3) is 0.333. The number of hydrogen-bond acceptors (Lipinski definition) is 7. The fourth-order valence-electron chi connectivity index (χ4n) is 5.06. The SMILES string of the molecule is C=C(NCC1(C(F)(F)F)CC(C)(c2cc(F)ccc2OC)O1)c1cnn(-c2cccc(C(=O)N[C@H](C)C(N)=O)c2)c1/N=C(/C)N. The molecule has 11 nitrogen and oxygen atoms in total. The van der Waals surface area contributed by atoms with Gasteiger partial charge in [0.25, 0.3) is 5.91 Å². The molecule has 0 saturated carbocycles. The molecule has 3 atom stereocenters. The molecule has 3 aromatic rings. The van der Waals surface area contributed by atoms with Crippen molar-refractivity contribution in [2.75, 3.05) is 13.7 Å². The van der Waals surface area contributed by atoms with Gasteiger partial charge in [-0.05, 0) is 57.2 Å². The Balaban J connectivity index is 1.60. The third-order valence-electron chi connectivity index (χ3n) is 7.36. The predicted octanol–water partition coefficient (Wildman–Crippen LogP) is 3.83. The van der Waals surface area contributed by atoms with E-state index in [0.29, 0.717) is 5.69 Å². The van der Waals surface area contributed by atoms with E-state index < -0.39 is 54.0 Å². The standard InChI is InChI=1S/C30H33F4N7O4/c1-16(37-15-29(30(32,33)34)14-28(4,45-29)23-12-20(31)9-10-24(23)44-5)22-13-38-41(26(22)40-18(3)35)21-8-6-7-19(11-21)27(43)39-17(2)25(36)42/h6-13,17,37H,1,14-15H2,2-5H3,(H2,35,40)(H2,36,42)(H,39,43)/t17-,28?,29?/m1/s1. The number of carbonyl (C=O) groups excluding carboxylic acids is 2. The van der Waals surface area contributed by atoms with Crippen LogP contribution in [-0.4, -0.2) is 58.9 Å². The monoisotopic (exact) mass is 631 g/mol. The van der Waals surface area contributed by atoms with Crippen molar-refractivity contribution in [1.29, 1.82) is 0 Å². The Morgan fingerprint density at radius 3 is 2.53 bits per heavy atom. The summed E-state index contributed by atoms with van der Waals surface area (Å²) in [4.78, 5) is 28.3. The third-order valence-corrected chi connectivity index (χ3v) is 7.36. The summed E-state index contributed by atoms with van der Waals surface area (Å²) in [5.74, 6) is -1.48. The van der Waals surface area contributed by atoms with Crippen LogP contribution in [0.3, 0.4) is 0 Å². The molecule has 1 saturated heterocycles. The fourth-order valence-corrected chi connectivity index (χ4v) is 5.06. The minimum Gasteiger partial charge on any atom is -0.496 e. The molecule has 0 spiro atoms. The molecule has 45 heavy (non-hydrogen) atoms. The number of carbonyl (C=O) groups is 2. The van der Waals surface area contributed by atoms with Gasteiger partial charge in [0, 0.05) is 23.2 Å². The molecule has 2 amide bonds. The number of nitrogens with two attached hydrogens (primary N) is 2. The number of methoxy groups -OCH3 is 1. The zero-order valence-corrected chi connectivity index (χ0v) is 25.0. The summed E-state index contributed by atoms with van der Waals surface area (Å²) in [5, 5.41) is 9.49. The Kier molecular flexibility index (Phi) is 8.96. The Morgan fingerprint density at radius 2 is 1.93 bits per heavy atom. The highest BCUT2D eigenvalue weighted by molar-refractivity contribution is 5.97. The Morgan fingerprint density at radius 1 is 1.24 bits per heavy atom. The number of primary amides is 1. The van der Waals surface area contributed by atoms with Gasteiger partial charge in [-0.15, -0.1) is 0 Å². The van der Waals surface area contributed by atoms with Crippen LogP contribution < -0.4 is 26.8 Å². The van der Waals surface area contributed by atoms with E-state index >= 15 is 0 Å². The number of amides is 2. The summed E-state index contributed by atoms with van der Waals surface area (Å²) in [5.41, 5.74) is 7.94. The Hall–Kier alpha value is -4.92. The molecule has 1 aromatic heterocycles. The number of halogens is 4. The van der Waals surface area contributed by atoms with Gasteiger partial charge in [-0.3, -0.25) is 9.59 Å². The van der Waals surface area contributed by atoms with Gasteiger partial charge in [0.1, 0.15) is 17.6 Å². The first-order chi connectivity index (χ1) is 21.0. The summed E-state index contributed by atoms with van der Waals surface area (Å²) in [6.07, 6.45) is -3.99. The smallest absolute Gasteiger partial charge is 0.419 e. The lowest BCUT2D eigenvalue weighted by molar-refractivity contribution is -0.382. The minimum atomic E-state index is -4.80. The summed E-state index contributed by atoms with van der Waals surface area (Å²) < 4.78 is 69.4. The number of amidine groups is 1. The lowest BCUT2D eigenvalue weighted by atomic mass is 9.75. The van der Waals surface area contributed by atoms with Crippen LogP contribution in [-0.2, 0) is 15.1 Å². The van der Waals surface area contributed by atoms with Crippen LogP contribution >= 0.6 is 0 Å². The lowest BCUT2D eigenvalue weighted by Crippen LogP contribution is -2.68. The molecule has 2 heterocycles. The van der Waals surface area contributed by atoms with Crippen LogP contribution in [0.15, 0.2) is 60.2 Å². The maximum Gasteiger partial charge on any atom is 0.419 e. The van der Waals surface area contributed by atoms with Crippen LogP contribution in [0.4, 0.5) is 23.4 Å². The molecule has 0 aliphatic carbocycles. The average molecular weight is 632 g/mol. The highest BCUT2D eigenvalue weighted by Crippen LogP contribution is 2.57. The third kappa shape index (κ3) is 6.62. The van der Waals surface area contributed by atoms with Gasteiger partial charge < -0.3 is 31.6 Å². The van der Waals surface area contributed by atoms with Crippen LogP contribution in [0.25, 0.3) is 11.4 Å². The molecule has 15 heteroatoms. The molecule has 0 bridgehead atoms. The molecular weight excluding hydrogens is 598 g/mol. The normalized spacial score (nSPS) is 20.6. The molecule has 2 unspecified atom stereocenters. The van der Waals surface area contributed by atoms with Crippen molar-refractivity contribution in [2.45, 2.75) is 50.6 Å². The van der Waals surface area contributed by atoms with E-state index in [9.17, 15) is 27.2 Å². The van der Waals surface area contributed by atoms with Crippen molar-refractivity contribution in [1.82, 2.24) is 20.4 Å². The second-order valence-corrected chi connectivity index (χ2v) is 10.9. The van der Waals surface area contributed by atoms with E-state index in [4.69, 9.17) is 20.9 Å². The highest BCUT2D eigenvalue weighted by Gasteiger charge is 2.68. The highest BCUT2D eigenvalue weighted by atomic mass is 19.4. The number of alkyl halides is 3. The summed E-state index contributed by atoms with van der Waals surface area (Å²) >= 11 is 0.